The molecule has 0 aromatic carbocycles. The third-order valence-electron chi connectivity index (χ3n) is 6.51. The standard InChI is InChI=1S/C24H43N5O2.HI/c1-4-25-24(26-13-8-16-30-22-9-6-5-7-10-22)27-17-21-11-14-29(15-12-21)18-23-28-19(2)20(3)31-23;/h21-22H,4-18H2,1-3H3,(H2,25,26,27);1H. The van der Waals surface area contributed by atoms with Gasteiger partial charge in [-0.25, -0.2) is 4.98 Å². The van der Waals surface area contributed by atoms with Crippen LogP contribution in [-0.2, 0) is 11.3 Å². The maximum Gasteiger partial charge on any atom is 0.208 e. The average molecular weight is 562 g/mol. The third kappa shape index (κ3) is 9.55. The molecule has 0 bridgehead atoms. The van der Waals surface area contributed by atoms with E-state index in [2.05, 4.69) is 27.4 Å². The quantitative estimate of drug-likeness (QED) is 0.191. The highest BCUT2D eigenvalue weighted by molar-refractivity contribution is 14.0. The van der Waals surface area contributed by atoms with E-state index >= 15 is 0 Å². The Bertz CT molecular complexity index is 648. The molecule has 2 heterocycles. The summed E-state index contributed by atoms with van der Waals surface area (Å²) in [5, 5.41) is 6.85. The van der Waals surface area contributed by atoms with E-state index in [4.69, 9.17) is 14.1 Å². The van der Waals surface area contributed by atoms with Gasteiger partial charge in [-0.1, -0.05) is 19.3 Å². The summed E-state index contributed by atoms with van der Waals surface area (Å²) in [5.41, 5.74) is 1.00. The molecule has 8 heteroatoms. The van der Waals surface area contributed by atoms with Gasteiger partial charge in [0, 0.05) is 26.2 Å². The van der Waals surface area contributed by atoms with Crippen LogP contribution >= 0.6 is 24.0 Å². The van der Waals surface area contributed by atoms with Crippen molar-refractivity contribution in [2.45, 2.75) is 84.8 Å². The molecular formula is C24H44IN5O2. The first-order chi connectivity index (χ1) is 15.1. The van der Waals surface area contributed by atoms with E-state index in [0.29, 0.717) is 12.0 Å². The molecule has 3 rings (SSSR count). The highest BCUT2D eigenvalue weighted by atomic mass is 127. The second-order valence-corrected chi connectivity index (χ2v) is 9.10. The fraction of sp³-hybridized carbons (Fsp3) is 0.833. The number of aliphatic imine (C=N–C) groups is 1. The minimum absolute atomic E-state index is 0. The van der Waals surface area contributed by atoms with E-state index in [1.54, 1.807) is 0 Å². The molecule has 0 unspecified atom stereocenters. The largest absolute Gasteiger partial charge is 0.444 e. The molecule has 1 saturated heterocycles. The number of halogens is 1. The molecule has 2 fully saturated rings. The number of nitrogens with zero attached hydrogens (tertiary/aromatic N) is 3. The first-order valence-corrected chi connectivity index (χ1v) is 12.4. The van der Waals surface area contributed by atoms with Crippen LogP contribution in [0.25, 0.3) is 0 Å². The fourth-order valence-electron chi connectivity index (χ4n) is 4.45. The van der Waals surface area contributed by atoms with E-state index in [-0.39, 0.29) is 24.0 Å². The fourth-order valence-corrected chi connectivity index (χ4v) is 4.45. The third-order valence-corrected chi connectivity index (χ3v) is 6.51. The first-order valence-electron chi connectivity index (χ1n) is 12.4. The normalized spacial score (nSPS) is 19.0. The molecule has 0 atom stereocenters. The molecular weight excluding hydrogens is 517 g/mol. The van der Waals surface area contributed by atoms with Gasteiger partial charge in [-0.05, 0) is 71.9 Å². The molecule has 0 radical (unpaired) electrons. The number of aromatic nitrogens is 1. The van der Waals surface area contributed by atoms with Crippen LogP contribution in [0.1, 0.15) is 75.6 Å². The van der Waals surface area contributed by atoms with E-state index in [0.717, 1.165) is 75.6 Å². The molecule has 184 valence electrons. The first kappa shape index (κ1) is 27.4. The van der Waals surface area contributed by atoms with E-state index < -0.39 is 0 Å². The molecule has 1 aliphatic carbocycles. The lowest BCUT2D eigenvalue weighted by atomic mass is 9.97. The highest BCUT2D eigenvalue weighted by Gasteiger charge is 2.21. The van der Waals surface area contributed by atoms with Crippen molar-refractivity contribution in [2.75, 3.05) is 39.3 Å². The van der Waals surface area contributed by atoms with E-state index in [9.17, 15) is 0 Å². The molecule has 1 saturated carbocycles. The summed E-state index contributed by atoms with van der Waals surface area (Å²) in [6.45, 7) is 12.6. The molecule has 1 aromatic rings. The molecule has 0 spiro atoms. The van der Waals surface area contributed by atoms with Gasteiger partial charge >= 0.3 is 0 Å². The molecule has 2 aliphatic rings. The number of hydrogen-bond acceptors (Lipinski definition) is 5. The second-order valence-electron chi connectivity index (χ2n) is 9.10. The van der Waals surface area contributed by atoms with E-state index in [1.165, 1.54) is 44.9 Å². The Morgan fingerprint density at radius 1 is 1.12 bits per heavy atom. The zero-order chi connectivity index (χ0) is 21.9. The van der Waals surface area contributed by atoms with Crippen LogP contribution in [0, 0.1) is 19.8 Å². The van der Waals surface area contributed by atoms with Crippen molar-refractivity contribution in [1.29, 1.82) is 0 Å². The van der Waals surface area contributed by atoms with Crippen molar-refractivity contribution in [3.05, 3.63) is 17.3 Å². The summed E-state index contributed by atoms with van der Waals surface area (Å²) in [6, 6.07) is 0. The molecule has 32 heavy (non-hydrogen) atoms. The Morgan fingerprint density at radius 2 is 1.88 bits per heavy atom. The average Bonchev–Trinajstić information content (AvgIpc) is 3.10. The van der Waals surface area contributed by atoms with Crippen molar-refractivity contribution in [2.24, 2.45) is 10.9 Å². The second kappa shape index (κ2) is 15.1. The summed E-state index contributed by atoms with van der Waals surface area (Å²) in [5.74, 6) is 3.36. The van der Waals surface area contributed by atoms with Gasteiger partial charge in [0.2, 0.25) is 5.89 Å². The molecule has 1 aliphatic heterocycles. The summed E-state index contributed by atoms with van der Waals surface area (Å²) in [7, 11) is 0. The van der Waals surface area contributed by atoms with Gasteiger partial charge in [-0.2, -0.15) is 0 Å². The molecule has 0 amide bonds. The monoisotopic (exact) mass is 561 g/mol. The topological polar surface area (TPSA) is 74.9 Å². The maximum absolute atomic E-state index is 6.02. The van der Waals surface area contributed by atoms with Crippen molar-refractivity contribution in [3.8, 4) is 0 Å². The number of hydrogen-bond donors (Lipinski definition) is 2. The van der Waals surface area contributed by atoms with Crippen LogP contribution in [0.3, 0.4) is 0 Å². The number of aryl methyl sites for hydroxylation is 2. The number of guanidine groups is 1. The minimum Gasteiger partial charge on any atom is -0.444 e. The van der Waals surface area contributed by atoms with Crippen LogP contribution in [0.4, 0.5) is 0 Å². The van der Waals surface area contributed by atoms with Crippen molar-refractivity contribution in [3.63, 3.8) is 0 Å². The number of rotatable bonds is 10. The number of nitrogens with one attached hydrogen (secondary N) is 2. The van der Waals surface area contributed by atoms with Crippen LogP contribution < -0.4 is 10.6 Å². The predicted octanol–water partition coefficient (Wildman–Crippen LogP) is 4.42. The van der Waals surface area contributed by atoms with Crippen molar-refractivity contribution >= 4 is 29.9 Å². The lowest BCUT2D eigenvalue weighted by Gasteiger charge is -2.30. The lowest BCUT2D eigenvalue weighted by molar-refractivity contribution is 0.0277. The Hall–Kier alpha value is -0.870. The summed E-state index contributed by atoms with van der Waals surface area (Å²) in [4.78, 5) is 11.8. The molecule has 1 aromatic heterocycles. The van der Waals surface area contributed by atoms with Crippen LogP contribution in [0.5, 0.6) is 0 Å². The van der Waals surface area contributed by atoms with Crippen LogP contribution in [0.15, 0.2) is 9.41 Å². The summed E-state index contributed by atoms with van der Waals surface area (Å²) < 4.78 is 11.8. The lowest BCUT2D eigenvalue weighted by Crippen LogP contribution is -2.39. The van der Waals surface area contributed by atoms with Crippen LogP contribution in [-0.4, -0.2) is 61.3 Å². The van der Waals surface area contributed by atoms with Gasteiger partial charge in [0.1, 0.15) is 5.76 Å². The molecule has 7 nitrogen and oxygen atoms in total. The van der Waals surface area contributed by atoms with E-state index in [1.807, 2.05) is 13.8 Å². The zero-order valence-electron chi connectivity index (χ0n) is 20.3. The maximum atomic E-state index is 6.02. The van der Waals surface area contributed by atoms with Gasteiger partial charge in [0.25, 0.3) is 0 Å². The Morgan fingerprint density at radius 3 is 2.53 bits per heavy atom. The predicted molar refractivity (Wildman–Crippen MR) is 141 cm³/mol. The van der Waals surface area contributed by atoms with Gasteiger partial charge in [-0.3, -0.25) is 9.89 Å². The summed E-state index contributed by atoms with van der Waals surface area (Å²) in [6.07, 6.45) is 10.4. The van der Waals surface area contributed by atoms with Gasteiger partial charge in [-0.15, -0.1) is 24.0 Å². The Kier molecular flexibility index (Phi) is 12.9. The van der Waals surface area contributed by atoms with Crippen molar-refractivity contribution < 1.29 is 9.15 Å². The summed E-state index contributed by atoms with van der Waals surface area (Å²) >= 11 is 0. The Labute approximate surface area is 211 Å². The van der Waals surface area contributed by atoms with Gasteiger partial charge < -0.3 is 19.8 Å². The van der Waals surface area contributed by atoms with Gasteiger partial charge in [0.15, 0.2) is 5.96 Å². The minimum atomic E-state index is 0. The van der Waals surface area contributed by atoms with Crippen LogP contribution in [0.2, 0.25) is 0 Å². The number of likely N-dealkylation sites (tertiary alicyclic amines) is 1. The zero-order valence-corrected chi connectivity index (χ0v) is 22.7. The number of piperidine rings is 1. The van der Waals surface area contributed by atoms with Crippen molar-refractivity contribution in [1.82, 2.24) is 20.5 Å². The SMILES string of the molecule is CCNC(=NCC1CCN(Cc2nc(C)c(C)o2)CC1)NCCCOC1CCCCC1.I. The molecule has 2 N–H and O–H groups in total. The number of oxazole rings is 1. The smallest absolute Gasteiger partial charge is 0.208 e. The number of ether oxygens (including phenoxy) is 1. The highest BCUT2D eigenvalue weighted by Crippen LogP contribution is 2.21. The van der Waals surface area contributed by atoms with Gasteiger partial charge in [0.05, 0.1) is 18.3 Å². The Balaban J connectivity index is 0.00000363.